The minimum Gasteiger partial charge on any atom is -0.381 e. The van der Waals surface area contributed by atoms with Crippen LogP contribution in [-0.2, 0) is 16.8 Å². The van der Waals surface area contributed by atoms with E-state index in [1.807, 2.05) is 37.4 Å². The lowest BCUT2D eigenvalue weighted by molar-refractivity contribution is 0.209. The number of nitrogens with zero attached hydrogens (tertiary/aromatic N) is 4. The maximum atomic E-state index is 12.6. The van der Waals surface area contributed by atoms with E-state index in [4.69, 9.17) is 5.84 Å². The van der Waals surface area contributed by atoms with E-state index < -0.39 is 10.2 Å². The summed E-state index contributed by atoms with van der Waals surface area (Å²) < 4.78 is 27.2. The highest BCUT2D eigenvalue weighted by Crippen LogP contribution is 2.27. The normalized spacial score (nSPS) is 17.7. The van der Waals surface area contributed by atoms with Gasteiger partial charge >= 0.3 is 10.2 Å². The quantitative estimate of drug-likeness (QED) is 0.371. The average Bonchev–Trinajstić information content (AvgIpc) is 3.22. The first-order valence-electron chi connectivity index (χ1n) is 10.7. The van der Waals surface area contributed by atoms with Crippen molar-refractivity contribution >= 4 is 32.5 Å². The van der Waals surface area contributed by atoms with Gasteiger partial charge in [0.25, 0.3) is 0 Å². The maximum Gasteiger partial charge on any atom is 0.316 e. The van der Waals surface area contributed by atoms with Crippen molar-refractivity contribution in [3.8, 4) is 0 Å². The second kappa shape index (κ2) is 9.07. The number of aromatic nitrogens is 2. The van der Waals surface area contributed by atoms with Crippen LogP contribution in [0.15, 0.2) is 42.6 Å². The molecule has 1 aromatic heterocycles. The zero-order chi connectivity index (χ0) is 22.9. The molecule has 10 heteroatoms. The molecule has 4 rings (SSSR count). The lowest BCUT2D eigenvalue weighted by Gasteiger charge is -2.34. The number of hydrogen-bond acceptors (Lipinski definition) is 6. The Morgan fingerprint density at radius 1 is 1.25 bits per heavy atom. The van der Waals surface area contributed by atoms with E-state index >= 15 is 0 Å². The lowest BCUT2D eigenvalue weighted by Crippen LogP contribution is -2.46. The van der Waals surface area contributed by atoms with Crippen LogP contribution in [0.5, 0.6) is 0 Å². The molecule has 1 aliphatic heterocycles. The molecule has 3 aromatic rings. The summed E-state index contributed by atoms with van der Waals surface area (Å²) in [6.45, 7) is 4.38. The number of fused-ring (bicyclic) bond motifs is 1. The molecule has 2 heterocycles. The fourth-order valence-corrected chi connectivity index (χ4v) is 4.91. The van der Waals surface area contributed by atoms with Gasteiger partial charge in [0, 0.05) is 44.3 Å². The summed E-state index contributed by atoms with van der Waals surface area (Å²) in [7, 11) is -0.811. The highest BCUT2D eigenvalue weighted by molar-refractivity contribution is 7.90. The summed E-state index contributed by atoms with van der Waals surface area (Å²) in [5.41, 5.74) is 4.46. The molecule has 0 unspecified atom stereocenters. The summed E-state index contributed by atoms with van der Waals surface area (Å²) in [5, 5.41) is 11.8. The fourth-order valence-electron chi connectivity index (χ4n) is 4.14. The van der Waals surface area contributed by atoms with Crippen molar-refractivity contribution in [2.75, 3.05) is 36.9 Å². The number of rotatable bonds is 7. The fraction of sp³-hybridized carbons (Fsp3) is 0.409. The monoisotopic (exact) mass is 457 g/mol. The van der Waals surface area contributed by atoms with Crippen molar-refractivity contribution in [2.24, 2.45) is 5.84 Å². The molecule has 1 saturated heterocycles. The van der Waals surface area contributed by atoms with Gasteiger partial charge in [-0.25, -0.2) is 5.84 Å². The number of aryl methyl sites for hydroxylation is 1. The Kier molecular flexibility index (Phi) is 6.38. The standard InChI is InChI=1S/C22H31N7O2S/c1-16-6-7-17(22(11-16)29(23)32(30,31)27(2)3)14-28-10-4-5-20(15-28)25-19-8-9-21-18(12-19)13-24-26-21/h6-9,11-13,20,25H,4-5,10,14-15,23H2,1-3H3,(H,24,26)/t20-/m0/s1. The van der Waals surface area contributed by atoms with E-state index in [9.17, 15) is 8.42 Å². The van der Waals surface area contributed by atoms with Gasteiger partial charge in [-0.1, -0.05) is 12.1 Å². The first-order chi connectivity index (χ1) is 15.2. The van der Waals surface area contributed by atoms with E-state index in [2.05, 4.69) is 32.5 Å². The molecule has 9 nitrogen and oxygen atoms in total. The van der Waals surface area contributed by atoms with E-state index in [0.717, 1.165) is 62.4 Å². The summed E-state index contributed by atoms with van der Waals surface area (Å²) in [5.74, 6) is 6.08. The van der Waals surface area contributed by atoms with Crippen molar-refractivity contribution in [3.05, 3.63) is 53.7 Å². The van der Waals surface area contributed by atoms with Crippen LogP contribution in [0.1, 0.15) is 24.0 Å². The molecule has 0 aliphatic carbocycles. The number of likely N-dealkylation sites (tertiary alicyclic amines) is 1. The van der Waals surface area contributed by atoms with Gasteiger partial charge in [0.15, 0.2) is 0 Å². The Bertz CT molecular complexity index is 1190. The van der Waals surface area contributed by atoms with Crippen molar-refractivity contribution in [1.29, 1.82) is 0 Å². The molecule has 32 heavy (non-hydrogen) atoms. The summed E-state index contributed by atoms with van der Waals surface area (Å²) in [6.07, 6.45) is 3.97. The van der Waals surface area contributed by atoms with Crippen molar-refractivity contribution in [3.63, 3.8) is 0 Å². The van der Waals surface area contributed by atoms with E-state index in [-0.39, 0.29) is 0 Å². The zero-order valence-electron chi connectivity index (χ0n) is 18.7. The molecule has 1 fully saturated rings. The topological polar surface area (TPSA) is 111 Å². The number of benzene rings is 2. The highest BCUT2D eigenvalue weighted by atomic mass is 32.2. The molecular weight excluding hydrogens is 426 g/mol. The number of anilines is 2. The van der Waals surface area contributed by atoms with Crippen LogP contribution >= 0.6 is 0 Å². The Morgan fingerprint density at radius 2 is 2.06 bits per heavy atom. The van der Waals surface area contributed by atoms with Gasteiger partial charge < -0.3 is 5.32 Å². The minimum absolute atomic E-state index is 0.307. The van der Waals surface area contributed by atoms with E-state index in [1.165, 1.54) is 14.1 Å². The maximum absolute atomic E-state index is 12.6. The molecule has 0 spiro atoms. The number of hydrazine groups is 1. The molecule has 172 valence electrons. The van der Waals surface area contributed by atoms with Gasteiger partial charge in [-0.2, -0.15) is 22.2 Å². The van der Waals surface area contributed by atoms with Crippen LogP contribution in [0.4, 0.5) is 11.4 Å². The predicted molar refractivity (Wildman–Crippen MR) is 128 cm³/mol. The summed E-state index contributed by atoms with van der Waals surface area (Å²) >= 11 is 0. The van der Waals surface area contributed by atoms with E-state index in [0.29, 0.717) is 18.3 Å². The van der Waals surface area contributed by atoms with Crippen LogP contribution < -0.4 is 15.6 Å². The molecule has 0 bridgehead atoms. The van der Waals surface area contributed by atoms with Crippen LogP contribution in [0, 0.1) is 6.92 Å². The van der Waals surface area contributed by atoms with Gasteiger partial charge in [-0.3, -0.25) is 10.00 Å². The minimum atomic E-state index is -3.77. The summed E-state index contributed by atoms with van der Waals surface area (Å²) in [4.78, 5) is 2.35. The largest absolute Gasteiger partial charge is 0.381 e. The van der Waals surface area contributed by atoms with Gasteiger partial charge in [-0.15, -0.1) is 0 Å². The van der Waals surface area contributed by atoms with E-state index in [1.54, 1.807) is 0 Å². The van der Waals surface area contributed by atoms with Crippen molar-refractivity contribution in [2.45, 2.75) is 32.4 Å². The number of hydrogen-bond donors (Lipinski definition) is 3. The lowest BCUT2D eigenvalue weighted by atomic mass is 10.0. The Balaban J connectivity index is 1.49. The molecule has 1 aliphatic rings. The van der Waals surface area contributed by atoms with Crippen molar-refractivity contribution in [1.82, 2.24) is 19.4 Å². The molecule has 2 aromatic carbocycles. The number of aromatic amines is 1. The van der Waals surface area contributed by atoms with Crippen LogP contribution in [0.25, 0.3) is 10.9 Å². The van der Waals surface area contributed by atoms with Crippen molar-refractivity contribution < 1.29 is 8.42 Å². The number of H-pyrrole nitrogens is 1. The Morgan fingerprint density at radius 3 is 2.84 bits per heavy atom. The van der Waals surface area contributed by atoms with Gasteiger partial charge in [0.1, 0.15) is 0 Å². The Labute approximate surface area is 189 Å². The van der Waals surface area contributed by atoms with Gasteiger partial charge in [0.2, 0.25) is 0 Å². The van der Waals surface area contributed by atoms with Gasteiger partial charge in [0.05, 0.1) is 17.4 Å². The SMILES string of the molecule is Cc1ccc(CN2CCC[C@H](Nc3ccc4[nH]ncc4c3)C2)c(N(N)S(=O)(=O)N(C)C)c1. The number of nitrogens with two attached hydrogens (primary N) is 1. The molecule has 0 saturated carbocycles. The highest BCUT2D eigenvalue weighted by Gasteiger charge is 2.26. The average molecular weight is 458 g/mol. The van der Waals surface area contributed by atoms with Gasteiger partial charge in [-0.05, 0) is 61.7 Å². The molecule has 0 radical (unpaired) electrons. The second-order valence-electron chi connectivity index (χ2n) is 8.61. The van der Waals surface area contributed by atoms with Crippen LogP contribution in [-0.4, -0.2) is 61.0 Å². The first-order valence-corrected chi connectivity index (χ1v) is 12.1. The predicted octanol–water partition coefficient (Wildman–Crippen LogP) is 2.43. The molecule has 0 amide bonds. The zero-order valence-corrected chi connectivity index (χ0v) is 19.6. The molecule has 1 atom stereocenters. The Hall–Kier alpha value is -2.66. The first kappa shape index (κ1) is 22.5. The van der Waals surface area contributed by atoms with Crippen LogP contribution in [0.2, 0.25) is 0 Å². The third kappa shape index (κ3) is 4.73. The number of nitrogens with one attached hydrogen (secondary N) is 2. The van der Waals surface area contributed by atoms with Crippen LogP contribution in [0.3, 0.4) is 0 Å². The molecular formula is C22H31N7O2S. The summed E-state index contributed by atoms with van der Waals surface area (Å²) in [6, 6.07) is 12.3. The molecule has 4 N–H and O–H groups in total. The third-order valence-corrected chi connectivity index (χ3v) is 7.52. The number of piperidine rings is 1. The third-order valence-electron chi connectivity index (χ3n) is 5.90. The second-order valence-corrected chi connectivity index (χ2v) is 10.6. The smallest absolute Gasteiger partial charge is 0.316 e.